The molecule has 0 radical (unpaired) electrons. The van der Waals surface area contributed by atoms with E-state index in [1.54, 1.807) is 7.11 Å². The summed E-state index contributed by atoms with van der Waals surface area (Å²) in [6.07, 6.45) is 2.87. The molecule has 0 fully saturated rings. The summed E-state index contributed by atoms with van der Waals surface area (Å²) in [6, 6.07) is 15.2. The summed E-state index contributed by atoms with van der Waals surface area (Å²) in [5, 5.41) is 2.86. The summed E-state index contributed by atoms with van der Waals surface area (Å²) in [5.74, 6) is 0.927. The minimum Gasteiger partial charge on any atom is -0.493 e. The second-order valence-electron chi connectivity index (χ2n) is 6.17. The largest absolute Gasteiger partial charge is 0.493 e. The second kappa shape index (κ2) is 8.85. The van der Waals surface area contributed by atoms with Gasteiger partial charge in [0.1, 0.15) is 6.61 Å². The summed E-state index contributed by atoms with van der Waals surface area (Å²) in [7, 11) is 1.58. The zero-order chi connectivity index (χ0) is 19.9. The molecule has 0 saturated heterocycles. The number of benzene rings is 2. The van der Waals surface area contributed by atoms with Gasteiger partial charge in [0.05, 0.1) is 13.2 Å². The number of nitrogens with one attached hydrogen (secondary N) is 1. The van der Waals surface area contributed by atoms with E-state index in [9.17, 15) is 4.79 Å². The number of nitrogen functional groups attached to an aromatic ring is 1. The van der Waals surface area contributed by atoms with Gasteiger partial charge in [-0.15, -0.1) is 0 Å². The molecule has 1 heterocycles. The van der Waals surface area contributed by atoms with E-state index in [2.05, 4.69) is 15.3 Å². The Balaban J connectivity index is 1.70. The monoisotopic (exact) mass is 378 g/mol. The Hall–Kier alpha value is -3.61. The maximum atomic E-state index is 12.4. The molecule has 144 valence electrons. The summed E-state index contributed by atoms with van der Waals surface area (Å²) in [5.41, 5.74) is 7.74. The van der Waals surface area contributed by atoms with E-state index in [-0.39, 0.29) is 23.5 Å². The summed E-state index contributed by atoms with van der Waals surface area (Å²) in [4.78, 5) is 20.2. The molecule has 1 amide bonds. The van der Waals surface area contributed by atoms with Crippen molar-refractivity contribution in [3.63, 3.8) is 0 Å². The van der Waals surface area contributed by atoms with E-state index in [0.717, 1.165) is 11.1 Å². The molecule has 0 unspecified atom stereocenters. The van der Waals surface area contributed by atoms with Crippen molar-refractivity contribution in [2.75, 3.05) is 12.8 Å². The fourth-order valence-corrected chi connectivity index (χ4v) is 2.68. The molecule has 3 N–H and O–H groups in total. The van der Waals surface area contributed by atoms with E-state index < -0.39 is 0 Å². The van der Waals surface area contributed by atoms with Crippen molar-refractivity contribution < 1.29 is 14.3 Å². The van der Waals surface area contributed by atoms with Gasteiger partial charge in [-0.3, -0.25) is 4.79 Å². The maximum Gasteiger partial charge on any atom is 0.274 e. The van der Waals surface area contributed by atoms with Crippen LogP contribution in [0.4, 0.5) is 5.82 Å². The van der Waals surface area contributed by atoms with Gasteiger partial charge in [-0.2, -0.15) is 0 Å². The van der Waals surface area contributed by atoms with Gasteiger partial charge in [-0.1, -0.05) is 36.4 Å². The Bertz CT molecular complexity index is 947. The number of nitrogens with two attached hydrogens (primary N) is 1. The average Bonchev–Trinajstić information content (AvgIpc) is 2.73. The third kappa shape index (κ3) is 4.56. The van der Waals surface area contributed by atoms with Crippen LogP contribution in [0.1, 0.15) is 34.6 Å². The van der Waals surface area contributed by atoms with Gasteiger partial charge in [0.15, 0.2) is 23.0 Å². The van der Waals surface area contributed by atoms with Crippen molar-refractivity contribution in [2.24, 2.45) is 0 Å². The standard InChI is InChI=1S/C21H22N4O3/c1-14(25-21(26)19-20(22)24-11-10-23-19)16-8-9-17(18(12-16)27-2)28-13-15-6-4-3-5-7-15/h3-12,14H,13H2,1-2H3,(H2,22,24)(H,25,26)/t14-/m1/s1. The number of carbonyl (C=O) groups is 1. The Morgan fingerprint density at radius 1 is 1.11 bits per heavy atom. The number of ether oxygens (including phenoxy) is 2. The fourth-order valence-electron chi connectivity index (χ4n) is 2.68. The first-order chi connectivity index (χ1) is 13.6. The van der Waals surface area contributed by atoms with Gasteiger partial charge < -0.3 is 20.5 Å². The number of hydrogen-bond acceptors (Lipinski definition) is 6. The first-order valence-electron chi connectivity index (χ1n) is 8.80. The molecule has 2 aromatic carbocycles. The number of carbonyl (C=O) groups excluding carboxylic acids is 1. The van der Waals surface area contributed by atoms with Crippen LogP contribution in [-0.4, -0.2) is 23.0 Å². The Morgan fingerprint density at radius 3 is 2.57 bits per heavy atom. The minimum atomic E-state index is -0.388. The Kier molecular flexibility index (Phi) is 6.06. The highest BCUT2D eigenvalue weighted by Crippen LogP contribution is 2.31. The lowest BCUT2D eigenvalue weighted by molar-refractivity contribution is 0.0935. The Labute approximate surface area is 163 Å². The number of methoxy groups -OCH3 is 1. The van der Waals surface area contributed by atoms with Crippen molar-refractivity contribution in [2.45, 2.75) is 19.6 Å². The number of hydrogen-bond donors (Lipinski definition) is 2. The van der Waals surface area contributed by atoms with E-state index in [1.165, 1.54) is 12.4 Å². The van der Waals surface area contributed by atoms with E-state index in [4.69, 9.17) is 15.2 Å². The summed E-state index contributed by atoms with van der Waals surface area (Å²) >= 11 is 0. The van der Waals surface area contributed by atoms with Crippen molar-refractivity contribution >= 4 is 11.7 Å². The normalized spacial score (nSPS) is 11.5. The van der Waals surface area contributed by atoms with Gasteiger partial charge >= 0.3 is 0 Å². The van der Waals surface area contributed by atoms with Crippen LogP contribution in [-0.2, 0) is 6.61 Å². The maximum absolute atomic E-state index is 12.4. The quantitative estimate of drug-likeness (QED) is 0.655. The van der Waals surface area contributed by atoms with Gasteiger partial charge in [0.25, 0.3) is 5.91 Å². The third-order valence-corrected chi connectivity index (χ3v) is 4.21. The summed E-state index contributed by atoms with van der Waals surface area (Å²) in [6.45, 7) is 2.30. The van der Waals surface area contributed by atoms with Crippen LogP contribution in [0, 0.1) is 0 Å². The lowest BCUT2D eigenvalue weighted by Gasteiger charge is -2.17. The molecule has 7 heteroatoms. The van der Waals surface area contributed by atoms with Crippen molar-refractivity contribution in [3.8, 4) is 11.5 Å². The van der Waals surface area contributed by atoms with Crippen LogP contribution in [0.5, 0.6) is 11.5 Å². The van der Waals surface area contributed by atoms with Crippen LogP contribution in [0.25, 0.3) is 0 Å². The molecular weight excluding hydrogens is 356 g/mol. The topological polar surface area (TPSA) is 99.4 Å². The van der Waals surface area contributed by atoms with Crippen molar-refractivity contribution in [1.82, 2.24) is 15.3 Å². The molecule has 0 saturated carbocycles. The first kappa shape index (κ1) is 19.2. The van der Waals surface area contributed by atoms with Gasteiger partial charge in [0, 0.05) is 12.4 Å². The molecule has 0 aliphatic carbocycles. The van der Waals surface area contributed by atoms with Gasteiger partial charge in [-0.05, 0) is 30.2 Å². The molecule has 7 nitrogen and oxygen atoms in total. The molecule has 28 heavy (non-hydrogen) atoms. The number of rotatable bonds is 7. The third-order valence-electron chi connectivity index (χ3n) is 4.21. The van der Waals surface area contributed by atoms with Crippen LogP contribution < -0.4 is 20.5 Å². The molecular formula is C21H22N4O3. The minimum absolute atomic E-state index is 0.0921. The van der Waals surface area contributed by atoms with Crippen LogP contribution in [0.3, 0.4) is 0 Å². The molecule has 0 aliphatic heterocycles. The molecule has 0 aliphatic rings. The smallest absolute Gasteiger partial charge is 0.274 e. The van der Waals surface area contributed by atoms with E-state index in [0.29, 0.717) is 18.1 Å². The molecule has 1 aromatic heterocycles. The van der Waals surface area contributed by atoms with Crippen LogP contribution in [0.2, 0.25) is 0 Å². The highest BCUT2D eigenvalue weighted by atomic mass is 16.5. The number of anilines is 1. The number of nitrogens with zero attached hydrogens (tertiary/aromatic N) is 2. The lowest BCUT2D eigenvalue weighted by Crippen LogP contribution is -2.28. The molecule has 1 atom stereocenters. The van der Waals surface area contributed by atoms with Crippen LogP contribution in [0.15, 0.2) is 60.9 Å². The zero-order valence-corrected chi connectivity index (χ0v) is 15.8. The summed E-state index contributed by atoms with van der Waals surface area (Å²) < 4.78 is 11.3. The molecule has 0 bridgehead atoms. The molecule has 0 spiro atoms. The Morgan fingerprint density at radius 2 is 1.86 bits per heavy atom. The highest BCUT2D eigenvalue weighted by molar-refractivity contribution is 5.96. The van der Waals surface area contributed by atoms with Crippen molar-refractivity contribution in [3.05, 3.63) is 77.7 Å². The average molecular weight is 378 g/mol. The first-order valence-corrected chi connectivity index (χ1v) is 8.80. The van der Waals surface area contributed by atoms with Crippen LogP contribution >= 0.6 is 0 Å². The lowest BCUT2D eigenvalue weighted by atomic mass is 10.1. The van der Waals surface area contributed by atoms with E-state index >= 15 is 0 Å². The highest BCUT2D eigenvalue weighted by Gasteiger charge is 2.17. The number of aromatic nitrogens is 2. The molecule has 3 rings (SSSR count). The molecule has 3 aromatic rings. The second-order valence-corrected chi connectivity index (χ2v) is 6.17. The predicted molar refractivity (Wildman–Crippen MR) is 106 cm³/mol. The van der Waals surface area contributed by atoms with Crippen molar-refractivity contribution in [1.29, 1.82) is 0 Å². The SMILES string of the molecule is COc1cc([C@@H](C)NC(=O)c2nccnc2N)ccc1OCc1ccccc1. The predicted octanol–water partition coefficient (Wildman–Crippen LogP) is 3.14. The number of amides is 1. The van der Waals surface area contributed by atoms with E-state index in [1.807, 2.05) is 55.5 Å². The fraction of sp³-hybridized carbons (Fsp3) is 0.190. The zero-order valence-electron chi connectivity index (χ0n) is 15.8. The van der Waals surface area contributed by atoms with Gasteiger partial charge in [-0.25, -0.2) is 9.97 Å². The van der Waals surface area contributed by atoms with Gasteiger partial charge in [0.2, 0.25) is 0 Å².